The molecular weight excluding hydrogens is 404 g/mol. The van der Waals surface area contributed by atoms with E-state index in [1.54, 1.807) is 7.05 Å². The van der Waals surface area contributed by atoms with Crippen molar-refractivity contribution in [3.63, 3.8) is 0 Å². The van der Waals surface area contributed by atoms with Crippen LogP contribution in [0.1, 0.15) is 56.1 Å². The van der Waals surface area contributed by atoms with Gasteiger partial charge in [-0.05, 0) is 43.2 Å². The summed E-state index contributed by atoms with van der Waals surface area (Å²) >= 11 is 0. The van der Waals surface area contributed by atoms with Crippen LogP contribution in [0.2, 0.25) is 0 Å². The van der Waals surface area contributed by atoms with E-state index < -0.39 is 0 Å². The fourth-order valence-corrected chi connectivity index (χ4v) is 4.89. The number of hydrogen-bond acceptors (Lipinski definition) is 4. The van der Waals surface area contributed by atoms with E-state index in [9.17, 15) is 4.79 Å². The molecule has 2 heterocycles. The lowest BCUT2D eigenvalue weighted by molar-refractivity contribution is -0.134. The van der Waals surface area contributed by atoms with Gasteiger partial charge in [0.25, 0.3) is 0 Å². The zero-order valence-electron chi connectivity index (χ0n) is 19.4. The minimum atomic E-state index is 0.260. The molecule has 1 amide bonds. The molecule has 0 bridgehead atoms. The van der Waals surface area contributed by atoms with Gasteiger partial charge in [0.05, 0.1) is 12.7 Å². The molecular formula is C25H38N4O3. The summed E-state index contributed by atoms with van der Waals surface area (Å²) < 4.78 is 11.4. The minimum Gasteiger partial charge on any atom is -0.381 e. The fraction of sp³-hybridized carbons (Fsp3) is 0.680. The Bertz CT molecular complexity index is 755. The number of aliphatic imine (C=N–C) groups is 1. The van der Waals surface area contributed by atoms with Gasteiger partial charge in [0.2, 0.25) is 5.91 Å². The highest BCUT2D eigenvalue weighted by Crippen LogP contribution is 2.27. The van der Waals surface area contributed by atoms with E-state index in [4.69, 9.17) is 9.47 Å². The Morgan fingerprint density at radius 3 is 2.53 bits per heavy atom. The highest BCUT2D eigenvalue weighted by Gasteiger charge is 2.32. The van der Waals surface area contributed by atoms with Gasteiger partial charge in [-0.3, -0.25) is 9.79 Å². The lowest BCUT2D eigenvalue weighted by Crippen LogP contribution is -2.45. The first kappa shape index (κ1) is 23.1. The number of benzene rings is 1. The van der Waals surface area contributed by atoms with Crippen LogP contribution >= 0.6 is 0 Å². The number of guanidine groups is 1. The summed E-state index contributed by atoms with van der Waals surface area (Å²) in [4.78, 5) is 19.1. The topological polar surface area (TPSA) is 75.2 Å². The molecule has 1 saturated carbocycles. The zero-order chi connectivity index (χ0) is 22.2. The Kier molecular flexibility index (Phi) is 8.40. The van der Waals surface area contributed by atoms with Gasteiger partial charge < -0.3 is 25.0 Å². The molecule has 0 aromatic heterocycles. The highest BCUT2D eigenvalue weighted by atomic mass is 16.5. The van der Waals surface area contributed by atoms with Crippen molar-refractivity contribution >= 4 is 11.9 Å². The quantitative estimate of drug-likeness (QED) is 0.502. The van der Waals surface area contributed by atoms with Crippen LogP contribution in [0, 0.1) is 5.92 Å². The van der Waals surface area contributed by atoms with Crippen molar-refractivity contribution in [3.8, 4) is 0 Å². The van der Waals surface area contributed by atoms with Gasteiger partial charge >= 0.3 is 0 Å². The molecule has 2 saturated heterocycles. The van der Waals surface area contributed by atoms with Gasteiger partial charge in [-0.1, -0.05) is 37.1 Å². The van der Waals surface area contributed by atoms with E-state index in [0.717, 1.165) is 64.4 Å². The maximum atomic E-state index is 12.7. The summed E-state index contributed by atoms with van der Waals surface area (Å²) in [6.07, 6.45) is 7.80. The third-order valence-corrected chi connectivity index (χ3v) is 6.91. The molecule has 0 spiro atoms. The van der Waals surface area contributed by atoms with Crippen molar-refractivity contribution in [3.05, 3.63) is 35.4 Å². The SMILES string of the molecule is CN=C(NCc1ccc(COC2CCOCC2)cc1)NC1CCN(C(=O)C2CCCC2)C1. The van der Waals surface area contributed by atoms with Gasteiger partial charge in [-0.2, -0.15) is 0 Å². The van der Waals surface area contributed by atoms with Gasteiger partial charge in [-0.15, -0.1) is 0 Å². The largest absolute Gasteiger partial charge is 0.381 e. The second kappa shape index (κ2) is 11.7. The van der Waals surface area contributed by atoms with E-state index >= 15 is 0 Å². The molecule has 1 aliphatic carbocycles. The number of ether oxygens (including phenoxy) is 2. The van der Waals surface area contributed by atoms with E-state index in [1.165, 1.54) is 24.0 Å². The van der Waals surface area contributed by atoms with Crippen LogP contribution in [0.4, 0.5) is 0 Å². The molecule has 3 aliphatic rings. The molecule has 4 rings (SSSR count). The van der Waals surface area contributed by atoms with Crippen LogP contribution in [0.5, 0.6) is 0 Å². The Morgan fingerprint density at radius 2 is 1.81 bits per heavy atom. The molecule has 7 heteroatoms. The summed E-state index contributed by atoms with van der Waals surface area (Å²) in [5.41, 5.74) is 2.40. The normalized spacial score (nSPS) is 23.0. The minimum absolute atomic E-state index is 0.260. The second-order valence-electron chi connectivity index (χ2n) is 9.26. The number of hydrogen-bond donors (Lipinski definition) is 2. The van der Waals surface area contributed by atoms with Crippen LogP contribution in [0.15, 0.2) is 29.3 Å². The summed E-state index contributed by atoms with van der Waals surface area (Å²) in [7, 11) is 1.79. The molecule has 1 aromatic rings. The number of nitrogens with one attached hydrogen (secondary N) is 2. The van der Waals surface area contributed by atoms with E-state index in [2.05, 4.69) is 39.9 Å². The maximum absolute atomic E-state index is 12.7. The van der Waals surface area contributed by atoms with Crippen LogP contribution in [-0.4, -0.2) is 62.3 Å². The van der Waals surface area contributed by atoms with Crippen molar-refractivity contribution in [2.75, 3.05) is 33.4 Å². The lowest BCUT2D eigenvalue weighted by atomic mass is 10.1. The first-order valence-electron chi connectivity index (χ1n) is 12.2. The lowest BCUT2D eigenvalue weighted by Gasteiger charge is -2.22. The highest BCUT2D eigenvalue weighted by molar-refractivity contribution is 5.81. The fourth-order valence-electron chi connectivity index (χ4n) is 4.89. The van der Waals surface area contributed by atoms with E-state index in [1.807, 2.05) is 4.90 Å². The average molecular weight is 443 g/mol. The van der Waals surface area contributed by atoms with Crippen LogP contribution in [0.3, 0.4) is 0 Å². The number of nitrogens with zero attached hydrogens (tertiary/aromatic N) is 2. The van der Waals surface area contributed by atoms with Crippen molar-refractivity contribution in [2.45, 2.75) is 70.2 Å². The van der Waals surface area contributed by atoms with Gasteiger partial charge in [0, 0.05) is 51.9 Å². The first-order chi connectivity index (χ1) is 15.7. The van der Waals surface area contributed by atoms with Gasteiger partial charge in [0.15, 0.2) is 5.96 Å². The third-order valence-electron chi connectivity index (χ3n) is 6.91. The Balaban J connectivity index is 1.18. The Hall–Kier alpha value is -2.12. The first-order valence-corrected chi connectivity index (χ1v) is 12.2. The average Bonchev–Trinajstić information content (AvgIpc) is 3.54. The molecule has 0 radical (unpaired) electrons. The third kappa shape index (κ3) is 6.45. The molecule has 1 unspecified atom stereocenters. The number of carbonyl (C=O) groups is 1. The zero-order valence-corrected chi connectivity index (χ0v) is 19.4. The van der Waals surface area contributed by atoms with Crippen molar-refractivity contribution in [1.29, 1.82) is 0 Å². The summed E-state index contributed by atoms with van der Waals surface area (Å²) in [5.74, 6) is 1.41. The predicted molar refractivity (Wildman–Crippen MR) is 125 cm³/mol. The molecule has 2 N–H and O–H groups in total. The number of amides is 1. The van der Waals surface area contributed by atoms with Crippen molar-refractivity contribution in [2.24, 2.45) is 10.9 Å². The Labute approximate surface area is 191 Å². The molecule has 7 nitrogen and oxygen atoms in total. The molecule has 1 atom stereocenters. The monoisotopic (exact) mass is 442 g/mol. The van der Waals surface area contributed by atoms with Crippen molar-refractivity contribution < 1.29 is 14.3 Å². The predicted octanol–water partition coefficient (Wildman–Crippen LogP) is 2.84. The van der Waals surface area contributed by atoms with Crippen LogP contribution in [0.25, 0.3) is 0 Å². The number of likely N-dealkylation sites (tertiary alicyclic amines) is 1. The molecule has 176 valence electrons. The molecule has 2 aliphatic heterocycles. The van der Waals surface area contributed by atoms with E-state index in [-0.39, 0.29) is 12.0 Å². The summed E-state index contributed by atoms with van der Waals surface area (Å²) in [6, 6.07) is 8.81. The van der Waals surface area contributed by atoms with Crippen LogP contribution in [-0.2, 0) is 27.4 Å². The number of rotatable bonds is 7. The molecule has 3 fully saturated rings. The molecule has 1 aromatic carbocycles. The van der Waals surface area contributed by atoms with Gasteiger partial charge in [0.1, 0.15) is 0 Å². The standard InChI is InChI=1S/C25H38N4O3/c1-26-25(28-22-10-13-29(17-22)24(30)21-4-2-3-5-21)27-16-19-6-8-20(9-7-19)18-32-23-11-14-31-15-12-23/h6-9,21-23H,2-5,10-18H2,1H3,(H2,26,27,28). The smallest absolute Gasteiger partial charge is 0.225 e. The van der Waals surface area contributed by atoms with E-state index in [0.29, 0.717) is 25.2 Å². The Morgan fingerprint density at radius 1 is 1.09 bits per heavy atom. The summed E-state index contributed by atoms with van der Waals surface area (Å²) in [5, 5.41) is 6.90. The van der Waals surface area contributed by atoms with Crippen molar-refractivity contribution in [1.82, 2.24) is 15.5 Å². The number of carbonyl (C=O) groups excluding carboxylic acids is 1. The maximum Gasteiger partial charge on any atom is 0.225 e. The second-order valence-corrected chi connectivity index (χ2v) is 9.26. The molecule has 32 heavy (non-hydrogen) atoms. The van der Waals surface area contributed by atoms with Crippen LogP contribution < -0.4 is 10.6 Å². The van der Waals surface area contributed by atoms with Gasteiger partial charge in [-0.25, -0.2) is 0 Å². The summed E-state index contributed by atoms with van der Waals surface area (Å²) in [6.45, 7) is 4.59.